The molecule has 1 N–H and O–H groups in total. The molecule has 2 aromatic carbocycles. The Hall–Kier alpha value is -3.43. The van der Waals surface area contributed by atoms with Gasteiger partial charge < -0.3 is 10.1 Å². The predicted molar refractivity (Wildman–Crippen MR) is 105 cm³/mol. The summed E-state index contributed by atoms with van der Waals surface area (Å²) in [5.74, 6) is -0.877. The summed E-state index contributed by atoms with van der Waals surface area (Å²) in [5.41, 5.74) is -1.22. The Bertz CT molecular complexity index is 1030. The van der Waals surface area contributed by atoms with Crippen LogP contribution in [0.3, 0.4) is 0 Å². The van der Waals surface area contributed by atoms with Crippen LogP contribution in [0, 0.1) is 5.82 Å². The zero-order valence-corrected chi connectivity index (χ0v) is 16.8. The molecule has 0 aliphatic heterocycles. The second-order valence-corrected chi connectivity index (χ2v) is 6.93. The van der Waals surface area contributed by atoms with Gasteiger partial charge in [0.25, 0.3) is 5.91 Å². The minimum absolute atomic E-state index is 0.0622. The largest absolute Gasteiger partial charge is 0.497 e. The van der Waals surface area contributed by atoms with E-state index in [0.29, 0.717) is 23.3 Å². The van der Waals surface area contributed by atoms with Crippen LogP contribution in [0.25, 0.3) is 5.69 Å². The molecule has 3 rings (SSSR count). The molecule has 0 spiro atoms. The number of ether oxygens (including phenoxy) is 1. The number of halogens is 4. The average Bonchev–Trinajstić information content (AvgIpc) is 3.19. The molecule has 1 amide bonds. The molecule has 0 saturated carbocycles. The maximum absolute atomic E-state index is 13.7. The monoisotopic (exact) mass is 436 g/mol. The molecule has 1 aromatic heterocycles. The number of amides is 1. The van der Waals surface area contributed by atoms with Crippen molar-refractivity contribution in [2.75, 3.05) is 7.11 Å². The summed E-state index contributed by atoms with van der Waals surface area (Å²) in [7, 11) is 1.56. The molecule has 0 bridgehead atoms. The summed E-state index contributed by atoms with van der Waals surface area (Å²) in [6.07, 6.45) is -3.78. The molecule has 1 heterocycles. The first kappa shape index (κ1) is 22.3. The molecule has 164 valence electrons. The minimum atomic E-state index is -4.89. The van der Waals surface area contributed by atoms with Gasteiger partial charge in [0.2, 0.25) is 0 Å². The molecule has 0 radical (unpaired) electrons. The Morgan fingerprint density at radius 2 is 1.77 bits per heavy atom. The molecule has 1 atom stereocenters. The molecule has 6 nitrogen and oxygen atoms in total. The highest BCUT2D eigenvalue weighted by atomic mass is 19.4. The van der Waals surface area contributed by atoms with E-state index in [1.807, 2.05) is 24.3 Å². The van der Waals surface area contributed by atoms with Gasteiger partial charge in [0.15, 0.2) is 11.4 Å². The van der Waals surface area contributed by atoms with Crippen molar-refractivity contribution < 1.29 is 27.1 Å². The zero-order valence-electron chi connectivity index (χ0n) is 16.8. The highest BCUT2D eigenvalue weighted by Gasteiger charge is 2.42. The summed E-state index contributed by atoms with van der Waals surface area (Å²) in [5, 5.41) is 9.45. The van der Waals surface area contributed by atoms with E-state index in [1.165, 1.54) is 0 Å². The maximum atomic E-state index is 13.7. The van der Waals surface area contributed by atoms with Gasteiger partial charge in [-0.1, -0.05) is 17.3 Å². The third-order valence-electron chi connectivity index (χ3n) is 4.63. The fourth-order valence-electron chi connectivity index (χ4n) is 2.99. The van der Waals surface area contributed by atoms with Gasteiger partial charge in [-0.15, -0.1) is 5.10 Å². The van der Waals surface area contributed by atoms with E-state index in [4.69, 9.17) is 4.74 Å². The highest BCUT2D eigenvalue weighted by molar-refractivity contribution is 5.93. The SMILES string of the molecule is COc1ccc(CCC(C)NC(=O)c2nnn(-c3ccc(F)cc3)c2C(F)(F)F)cc1. The Morgan fingerprint density at radius 3 is 2.35 bits per heavy atom. The molecule has 31 heavy (non-hydrogen) atoms. The van der Waals surface area contributed by atoms with Crippen LogP contribution in [0.15, 0.2) is 48.5 Å². The van der Waals surface area contributed by atoms with Gasteiger partial charge in [-0.2, -0.15) is 13.2 Å². The normalized spacial score (nSPS) is 12.5. The molecule has 3 aromatic rings. The molecular formula is C21H20F4N4O2. The van der Waals surface area contributed by atoms with E-state index >= 15 is 0 Å². The predicted octanol–water partition coefficient (Wildman–Crippen LogP) is 4.18. The second-order valence-electron chi connectivity index (χ2n) is 6.93. The van der Waals surface area contributed by atoms with Crippen LogP contribution in [-0.2, 0) is 12.6 Å². The van der Waals surface area contributed by atoms with Gasteiger partial charge in [-0.05, 0) is 61.7 Å². The first-order valence-electron chi connectivity index (χ1n) is 9.41. The van der Waals surface area contributed by atoms with Crippen LogP contribution in [0.4, 0.5) is 17.6 Å². The zero-order chi connectivity index (χ0) is 22.6. The molecule has 0 aliphatic rings. The van der Waals surface area contributed by atoms with E-state index in [1.54, 1.807) is 14.0 Å². The Kier molecular flexibility index (Phi) is 6.57. The lowest BCUT2D eigenvalue weighted by Gasteiger charge is -2.15. The van der Waals surface area contributed by atoms with Crippen molar-refractivity contribution in [1.82, 2.24) is 20.3 Å². The van der Waals surface area contributed by atoms with Gasteiger partial charge in [-0.3, -0.25) is 4.79 Å². The standard InChI is InChI=1S/C21H20F4N4O2/c1-13(3-4-14-5-11-17(31-2)12-6-14)26-20(30)18-19(21(23,24)25)29(28-27-18)16-9-7-15(22)8-10-16/h5-13H,3-4H2,1-2H3,(H,26,30). The lowest BCUT2D eigenvalue weighted by atomic mass is 10.1. The molecule has 0 saturated heterocycles. The molecule has 10 heteroatoms. The third-order valence-corrected chi connectivity index (χ3v) is 4.63. The lowest BCUT2D eigenvalue weighted by Crippen LogP contribution is -2.34. The van der Waals surface area contributed by atoms with Gasteiger partial charge in [-0.25, -0.2) is 9.07 Å². The first-order valence-corrected chi connectivity index (χ1v) is 9.41. The van der Waals surface area contributed by atoms with Crippen LogP contribution in [0.5, 0.6) is 5.75 Å². The smallest absolute Gasteiger partial charge is 0.435 e. The minimum Gasteiger partial charge on any atom is -0.497 e. The second kappa shape index (κ2) is 9.15. The van der Waals surface area contributed by atoms with Crippen LogP contribution in [0.1, 0.15) is 35.1 Å². The van der Waals surface area contributed by atoms with Crippen molar-refractivity contribution in [3.63, 3.8) is 0 Å². The number of alkyl halides is 3. The number of rotatable bonds is 7. The molecular weight excluding hydrogens is 416 g/mol. The molecule has 1 unspecified atom stereocenters. The fraction of sp³-hybridized carbons (Fsp3) is 0.286. The highest BCUT2D eigenvalue weighted by Crippen LogP contribution is 2.32. The van der Waals surface area contributed by atoms with Gasteiger partial charge in [0.05, 0.1) is 12.8 Å². The quantitative estimate of drug-likeness (QED) is 0.564. The average molecular weight is 436 g/mol. The van der Waals surface area contributed by atoms with E-state index in [2.05, 4.69) is 15.6 Å². The third kappa shape index (κ3) is 5.39. The lowest BCUT2D eigenvalue weighted by molar-refractivity contribution is -0.143. The number of nitrogens with zero attached hydrogens (tertiary/aromatic N) is 3. The van der Waals surface area contributed by atoms with Gasteiger partial charge in [0, 0.05) is 6.04 Å². The van der Waals surface area contributed by atoms with Gasteiger partial charge >= 0.3 is 6.18 Å². The number of carbonyl (C=O) groups is 1. The van der Waals surface area contributed by atoms with Crippen LogP contribution in [0.2, 0.25) is 0 Å². The van der Waals surface area contributed by atoms with Gasteiger partial charge in [0.1, 0.15) is 11.6 Å². The topological polar surface area (TPSA) is 69.0 Å². The number of benzene rings is 2. The molecule has 0 aliphatic carbocycles. The van der Waals surface area contributed by atoms with E-state index in [0.717, 1.165) is 29.8 Å². The van der Waals surface area contributed by atoms with Crippen molar-refractivity contribution >= 4 is 5.91 Å². The number of carbonyl (C=O) groups excluding carboxylic acids is 1. The number of hydrogen-bond acceptors (Lipinski definition) is 4. The summed E-state index contributed by atoms with van der Waals surface area (Å²) >= 11 is 0. The summed E-state index contributed by atoms with van der Waals surface area (Å²) in [6, 6.07) is 11.2. The van der Waals surface area contributed by atoms with Crippen LogP contribution in [-0.4, -0.2) is 34.1 Å². The summed E-state index contributed by atoms with van der Waals surface area (Å²) in [4.78, 5) is 12.5. The summed E-state index contributed by atoms with van der Waals surface area (Å²) < 4.78 is 59.7. The van der Waals surface area contributed by atoms with E-state index in [-0.39, 0.29) is 5.69 Å². The number of aryl methyl sites for hydroxylation is 1. The molecule has 0 fully saturated rings. The van der Waals surface area contributed by atoms with Crippen molar-refractivity contribution in [1.29, 1.82) is 0 Å². The van der Waals surface area contributed by atoms with E-state index < -0.39 is 35.3 Å². The van der Waals surface area contributed by atoms with Crippen molar-refractivity contribution in [3.8, 4) is 11.4 Å². The fourth-order valence-corrected chi connectivity index (χ4v) is 2.99. The Labute approximate surface area is 175 Å². The van der Waals surface area contributed by atoms with Crippen molar-refractivity contribution in [2.45, 2.75) is 32.0 Å². The number of nitrogens with one attached hydrogen (secondary N) is 1. The van der Waals surface area contributed by atoms with Crippen LogP contribution < -0.4 is 10.1 Å². The van der Waals surface area contributed by atoms with E-state index in [9.17, 15) is 22.4 Å². The Morgan fingerprint density at radius 1 is 1.13 bits per heavy atom. The number of hydrogen-bond donors (Lipinski definition) is 1. The Balaban J connectivity index is 1.73. The first-order chi connectivity index (χ1) is 14.7. The number of aromatic nitrogens is 3. The maximum Gasteiger partial charge on any atom is 0.435 e. The van der Waals surface area contributed by atoms with Crippen molar-refractivity contribution in [3.05, 3.63) is 71.3 Å². The van der Waals surface area contributed by atoms with Crippen LogP contribution >= 0.6 is 0 Å². The summed E-state index contributed by atoms with van der Waals surface area (Å²) in [6.45, 7) is 1.69. The number of methoxy groups -OCH3 is 1. The van der Waals surface area contributed by atoms with Crippen molar-refractivity contribution in [2.24, 2.45) is 0 Å².